The van der Waals surface area contributed by atoms with Crippen molar-refractivity contribution in [3.05, 3.63) is 95.4 Å². The van der Waals surface area contributed by atoms with Crippen LogP contribution in [0.4, 0.5) is 0 Å². The van der Waals surface area contributed by atoms with Crippen LogP contribution in [-0.4, -0.2) is 55.0 Å². The number of aryl methyl sites for hydroxylation is 1. The van der Waals surface area contributed by atoms with Crippen molar-refractivity contribution in [3.63, 3.8) is 0 Å². The lowest BCUT2D eigenvalue weighted by Gasteiger charge is -2.27. The van der Waals surface area contributed by atoms with Gasteiger partial charge in [0.25, 0.3) is 5.91 Å². The molecule has 0 spiro atoms. The van der Waals surface area contributed by atoms with Crippen molar-refractivity contribution >= 4 is 11.8 Å². The lowest BCUT2D eigenvalue weighted by molar-refractivity contribution is -0.132. The number of carbonyl (C=O) groups excluding carboxylic acids is 2. The monoisotopic (exact) mass is 448 g/mol. The molecule has 6 heteroatoms. The third-order valence-corrected chi connectivity index (χ3v) is 5.58. The number of carbonyl (C=O) groups is 2. The summed E-state index contributed by atoms with van der Waals surface area (Å²) in [7, 11) is 1.59. The van der Waals surface area contributed by atoms with Gasteiger partial charge in [-0.1, -0.05) is 49.4 Å². The Hall–Kier alpha value is -3.38. The summed E-state index contributed by atoms with van der Waals surface area (Å²) in [5.74, 6) is 0.405. The molecule has 2 amide bonds. The number of hydrogen-bond acceptors (Lipinski definition) is 4. The lowest BCUT2D eigenvalue weighted by atomic mass is 10.1. The Kier molecular flexibility index (Phi) is 9.27. The normalized spacial score (nSPS) is 10.7. The number of hydrogen-bond donors (Lipinski definition) is 0. The maximum absolute atomic E-state index is 13.4. The molecule has 0 unspecified atom stereocenters. The molecule has 3 rings (SSSR count). The van der Waals surface area contributed by atoms with Gasteiger partial charge >= 0.3 is 0 Å². The van der Waals surface area contributed by atoms with Crippen molar-refractivity contribution in [2.75, 3.05) is 33.4 Å². The summed E-state index contributed by atoms with van der Waals surface area (Å²) < 4.78 is 10.7. The van der Waals surface area contributed by atoms with Crippen LogP contribution in [0, 0.1) is 0 Å². The first-order valence-corrected chi connectivity index (χ1v) is 11.3. The SMILES string of the molecule is CCc1ccc(C(=O)N(CCOC)CC(=O)N(CCc2ccccc2)Cc2ccco2)cc1. The van der Waals surface area contributed by atoms with Crippen LogP contribution < -0.4 is 0 Å². The minimum atomic E-state index is -0.177. The highest BCUT2D eigenvalue weighted by Gasteiger charge is 2.23. The van der Waals surface area contributed by atoms with Crippen molar-refractivity contribution in [3.8, 4) is 0 Å². The van der Waals surface area contributed by atoms with Crippen molar-refractivity contribution in [1.29, 1.82) is 0 Å². The number of benzene rings is 2. The fraction of sp³-hybridized carbons (Fsp3) is 0.333. The molecule has 0 aliphatic rings. The quantitative estimate of drug-likeness (QED) is 0.417. The first-order valence-electron chi connectivity index (χ1n) is 11.3. The molecule has 0 bridgehead atoms. The van der Waals surface area contributed by atoms with E-state index in [9.17, 15) is 9.59 Å². The van der Waals surface area contributed by atoms with Gasteiger partial charge < -0.3 is 19.0 Å². The van der Waals surface area contributed by atoms with E-state index in [2.05, 4.69) is 6.92 Å². The van der Waals surface area contributed by atoms with Crippen LogP contribution in [0.1, 0.15) is 34.2 Å². The van der Waals surface area contributed by atoms with E-state index in [4.69, 9.17) is 9.15 Å². The number of furan rings is 1. The molecule has 0 saturated carbocycles. The fourth-order valence-corrected chi connectivity index (χ4v) is 3.57. The van der Waals surface area contributed by atoms with Crippen LogP contribution in [0.15, 0.2) is 77.4 Å². The summed E-state index contributed by atoms with van der Waals surface area (Å²) in [6.07, 6.45) is 3.23. The minimum absolute atomic E-state index is 0.0206. The first kappa shape index (κ1) is 24.3. The zero-order valence-corrected chi connectivity index (χ0v) is 19.4. The van der Waals surface area contributed by atoms with Crippen LogP contribution in [-0.2, 0) is 28.9 Å². The molecule has 33 heavy (non-hydrogen) atoms. The fourth-order valence-electron chi connectivity index (χ4n) is 3.57. The Morgan fingerprint density at radius 2 is 1.64 bits per heavy atom. The van der Waals surface area contributed by atoms with E-state index in [1.807, 2.05) is 66.7 Å². The van der Waals surface area contributed by atoms with Gasteiger partial charge in [0, 0.05) is 25.8 Å². The van der Waals surface area contributed by atoms with Crippen LogP contribution in [0.2, 0.25) is 0 Å². The van der Waals surface area contributed by atoms with Gasteiger partial charge in [-0.15, -0.1) is 0 Å². The smallest absolute Gasteiger partial charge is 0.254 e. The molecule has 2 aromatic carbocycles. The molecule has 3 aromatic rings. The predicted molar refractivity (Wildman–Crippen MR) is 128 cm³/mol. The van der Waals surface area contributed by atoms with Crippen molar-refractivity contribution in [2.24, 2.45) is 0 Å². The predicted octanol–water partition coefficient (Wildman–Crippen LogP) is 4.20. The molecule has 0 saturated heterocycles. The standard InChI is InChI=1S/C27H32N2O4/c1-3-22-11-13-24(14-12-22)27(31)29(17-19-32-2)21-26(30)28(20-25-10-7-18-33-25)16-15-23-8-5-4-6-9-23/h4-14,18H,3,15-17,19-21H2,1-2H3. The van der Waals surface area contributed by atoms with Gasteiger partial charge in [0.2, 0.25) is 5.91 Å². The molecular weight excluding hydrogens is 416 g/mol. The Morgan fingerprint density at radius 1 is 0.879 bits per heavy atom. The van der Waals surface area contributed by atoms with Gasteiger partial charge in [0.05, 0.1) is 19.4 Å². The van der Waals surface area contributed by atoms with Gasteiger partial charge in [0.15, 0.2) is 0 Å². The Bertz CT molecular complexity index is 985. The third-order valence-electron chi connectivity index (χ3n) is 5.58. The molecule has 0 atom stereocenters. The summed E-state index contributed by atoms with van der Waals surface area (Å²) in [4.78, 5) is 29.8. The summed E-state index contributed by atoms with van der Waals surface area (Å²) in [6.45, 7) is 3.63. The Labute approximate surface area is 195 Å². The number of rotatable bonds is 12. The van der Waals surface area contributed by atoms with Gasteiger partial charge in [-0.2, -0.15) is 0 Å². The highest BCUT2D eigenvalue weighted by atomic mass is 16.5. The number of nitrogens with zero attached hydrogens (tertiary/aromatic N) is 2. The maximum Gasteiger partial charge on any atom is 0.254 e. The molecule has 1 aromatic heterocycles. The average Bonchev–Trinajstić information content (AvgIpc) is 3.37. The van der Waals surface area contributed by atoms with Crippen LogP contribution in [0.5, 0.6) is 0 Å². The molecule has 1 heterocycles. The van der Waals surface area contributed by atoms with Gasteiger partial charge in [-0.25, -0.2) is 0 Å². The molecule has 0 radical (unpaired) electrons. The highest BCUT2D eigenvalue weighted by Crippen LogP contribution is 2.12. The van der Waals surface area contributed by atoms with Gasteiger partial charge in [0.1, 0.15) is 12.3 Å². The molecule has 0 fully saturated rings. The van der Waals surface area contributed by atoms with Crippen LogP contribution in [0.3, 0.4) is 0 Å². The Morgan fingerprint density at radius 3 is 2.27 bits per heavy atom. The minimum Gasteiger partial charge on any atom is -0.467 e. The molecular formula is C27H32N2O4. The summed E-state index contributed by atoms with van der Waals surface area (Å²) in [5, 5.41) is 0. The first-order chi connectivity index (χ1) is 16.1. The molecule has 0 aliphatic carbocycles. The van der Waals surface area contributed by atoms with E-state index in [0.29, 0.717) is 37.6 Å². The van der Waals surface area contributed by atoms with Gasteiger partial charge in [-0.05, 0) is 48.2 Å². The van der Waals surface area contributed by atoms with Crippen molar-refractivity contribution in [2.45, 2.75) is 26.3 Å². The molecule has 0 N–H and O–H groups in total. The molecule has 174 valence electrons. The van der Waals surface area contributed by atoms with E-state index in [0.717, 1.165) is 24.0 Å². The van der Waals surface area contributed by atoms with Crippen molar-refractivity contribution in [1.82, 2.24) is 9.80 Å². The maximum atomic E-state index is 13.4. The summed E-state index contributed by atoms with van der Waals surface area (Å²) in [5.41, 5.74) is 2.88. The number of amides is 2. The van der Waals surface area contributed by atoms with Crippen molar-refractivity contribution < 1.29 is 18.7 Å². The number of methoxy groups -OCH3 is 1. The average molecular weight is 449 g/mol. The second kappa shape index (κ2) is 12.6. The van der Waals surface area contributed by atoms with E-state index >= 15 is 0 Å². The molecule has 0 aliphatic heterocycles. The van der Waals surface area contributed by atoms with E-state index in [-0.39, 0.29) is 18.4 Å². The van der Waals surface area contributed by atoms with Gasteiger partial charge in [-0.3, -0.25) is 9.59 Å². The zero-order valence-electron chi connectivity index (χ0n) is 19.4. The topological polar surface area (TPSA) is 63.0 Å². The highest BCUT2D eigenvalue weighted by molar-refractivity contribution is 5.96. The summed E-state index contributed by atoms with van der Waals surface area (Å²) in [6, 6.07) is 21.2. The molecule has 6 nitrogen and oxygen atoms in total. The third kappa shape index (κ3) is 7.32. The second-order valence-corrected chi connectivity index (χ2v) is 7.90. The lowest BCUT2D eigenvalue weighted by Crippen LogP contribution is -2.44. The second-order valence-electron chi connectivity index (χ2n) is 7.90. The van der Waals surface area contributed by atoms with E-state index in [1.54, 1.807) is 23.2 Å². The van der Waals surface area contributed by atoms with E-state index in [1.165, 1.54) is 0 Å². The Balaban J connectivity index is 1.73. The van der Waals surface area contributed by atoms with Crippen LogP contribution >= 0.6 is 0 Å². The number of ether oxygens (including phenoxy) is 1. The van der Waals surface area contributed by atoms with E-state index < -0.39 is 0 Å². The van der Waals surface area contributed by atoms with Crippen LogP contribution in [0.25, 0.3) is 0 Å². The largest absolute Gasteiger partial charge is 0.467 e. The zero-order chi connectivity index (χ0) is 23.5. The summed E-state index contributed by atoms with van der Waals surface area (Å²) >= 11 is 0.